The van der Waals surface area contributed by atoms with Gasteiger partial charge in [0.2, 0.25) is 0 Å². The molecule has 1 aromatic heterocycles. The first-order valence-electron chi connectivity index (χ1n) is 8.02. The van der Waals surface area contributed by atoms with Crippen LogP contribution in [0.25, 0.3) is 0 Å². The standard InChI is InChI=1S/C18H17ClFN3OS/c1-25-17-21-11-22-23(17)10-18(12-6-8-13(20)9-7-12)16(24-18)14-4-2-3-5-15(14)19/h2-6,8-9,11-12,16H,7,10H2,1H3. The van der Waals surface area contributed by atoms with Crippen LogP contribution in [0.15, 0.2) is 59.8 Å². The maximum Gasteiger partial charge on any atom is 0.185 e. The second-order valence-electron chi connectivity index (χ2n) is 6.17. The molecule has 0 saturated carbocycles. The molecule has 130 valence electrons. The van der Waals surface area contributed by atoms with E-state index in [0.29, 0.717) is 18.0 Å². The third-order valence-electron chi connectivity index (χ3n) is 4.75. The number of allylic oxidation sites excluding steroid dienone is 3. The number of thioether (sulfide) groups is 1. The molecule has 1 aromatic carbocycles. The molecular weight excluding hydrogens is 361 g/mol. The third-order valence-corrected chi connectivity index (χ3v) is 5.78. The van der Waals surface area contributed by atoms with Gasteiger partial charge in [0.05, 0.1) is 6.54 Å². The van der Waals surface area contributed by atoms with E-state index in [1.807, 2.05) is 41.3 Å². The maximum atomic E-state index is 13.4. The van der Waals surface area contributed by atoms with E-state index < -0.39 is 5.60 Å². The molecule has 7 heteroatoms. The van der Waals surface area contributed by atoms with Crippen LogP contribution in [0.5, 0.6) is 0 Å². The van der Waals surface area contributed by atoms with Gasteiger partial charge in [-0.15, -0.1) is 0 Å². The van der Waals surface area contributed by atoms with Crippen molar-refractivity contribution in [2.75, 3.05) is 6.26 Å². The van der Waals surface area contributed by atoms with Crippen LogP contribution in [0.4, 0.5) is 4.39 Å². The number of aromatic nitrogens is 3. The zero-order valence-corrected chi connectivity index (χ0v) is 15.2. The maximum absolute atomic E-state index is 13.4. The van der Waals surface area contributed by atoms with Crippen molar-refractivity contribution in [1.29, 1.82) is 0 Å². The Labute approximate surface area is 154 Å². The van der Waals surface area contributed by atoms with Crippen LogP contribution in [-0.4, -0.2) is 26.6 Å². The molecule has 4 rings (SSSR count). The second-order valence-corrected chi connectivity index (χ2v) is 7.35. The zero-order valence-electron chi connectivity index (χ0n) is 13.6. The number of hydrogen-bond donors (Lipinski definition) is 0. The number of epoxide rings is 1. The summed E-state index contributed by atoms with van der Waals surface area (Å²) in [6, 6.07) is 7.70. The minimum Gasteiger partial charge on any atom is -0.358 e. The quantitative estimate of drug-likeness (QED) is 0.564. The average molecular weight is 378 g/mol. The van der Waals surface area contributed by atoms with Crippen molar-refractivity contribution in [2.24, 2.45) is 5.92 Å². The number of rotatable bonds is 5. The predicted molar refractivity (Wildman–Crippen MR) is 96.3 cm³/mol. The summed E-state index contributed by atoms with van der Waals surface area (Å²) < 4.78 is 21.5. The smallest absolute Gasteiger partial charge is 0.185 e. The van der Waals surface area contributed by atoms with Gasteiger partial charge in [-0.05, 0) is 30.9 Å². The van der Waals surface area contributed by atoms with Gasteiger partial charge in [-0.25, -0.2) is 14.1 Å². The van der Waals surface area contributed by atoms with Crippen LogP contribution < -0.4 is 0 Å². The molecule has 0 spiro atoms. The largest absolute Gasteiger partial charge is 0.358 e. The Morgan fingerprint density at radius 3 is 3.00 bits per heavy atom. The molecule has 0 amide bonds. The van der Waals surface area contributed by atoms with Crippen molar-refractivity contribution < 1.29 is 9.13 Å². The first-order valence-corrected chi connectivity index (χ1v) is 9.62. The van der Waals surface area contributed by atoms with Gasteiger partial charge in [0, 0.05) is 16.5 Å². The lowest BCUT2D eigenvalue weighted by molar-refractivity contribution is 0.204. The number of ether oxygens (including phenoxy) is 1. The zero-order chi connectivity index (χ0) is 17.4. The van der Waals surface area contributed by atoms with Gasteiger partial charge in [-0.1, -0.05) is 47.6 Å². The Bertz CT molecular complexity index is 852. The van der Waals surface area contributed by atoms with Crippen molar-refractivity contribution in [1.82, 2.24) is 14.8 Å². The number of benzene rings is 1. The van der Waals surface area contributed by atoms with Gasteiger partial charge in [0.1, 0.15) is 23.9 Å². The van der Waals surface area contributed by atoms with Gasteiger partial charge in [-0.3, -0.25) is 0 Å². The molecule has 1 aliphatic carbocycles. The Balaban J connectivity index is 1.68. The van der Waals surface area contributed by atoms with Crippen LogP contribution in [0.2, 0.25) is 5.02 Å². The number of nitrogens with zero attached hydrogens (tertiary/aromatic N) is 3. The van der Waals surface area contributed by atoms with Gasteiger partial charge in [-0.2, -0.15) is 5.10 Å². The molecule has 0 N–H and O–H groups in total. The van der Waals surface area contributed by atoms with Crippen molar-refractivity contribution in [3.63, 3.8) is 0 Å². The summed E-state index contributed by atoms with van der Waals surface area (Å²) in [6.07, 6.45) is 8.96. The summed E-state index contributed by atoms with van der Waals surface area (Å²) in [7, 11) is 0. The lowest BCUT2D eigenvalue weighted by atomic mass is 9.82. The van der Waals surface area contributed by atoms with E-state index in [1.165, 1.54) is 17.8 Å². The van der Waals surface area contributed by atoms with Gasteiger partial charge < -0.3 is 4.74 Å². The first kappa shape index (κ1) is 16.8. The molecule has 25 heavy (non-hydrogen) atoms. The van der Waals surface area contributed by atoms with Crippen LogP contribution in [-0.2, 0) is 11.3 Å². The van der Waals surface area contributed by atoms with E-state index in [9.17, 15) is 4.39 Å². The van der Waals surface area contributed by atoms with E-state index in [0.717, 1.165) is 10.7 Å². The van der Waals surface area contributed by atoms with Crippen molar-refractivity contribution in [3.8, 4) is 0 Å². The molecule has 1 saturated heterocycles. The van der Waals surface area contributed by atoms with Crippen LogP contribution >= 0.6 is 23.4 Å². The SMILES string of the molecule is CSc1ncnn1CC1(C2C=CC(F)=CC2)OC1c1ccccc1Cl. The summed E-state index contributed by atoms with van der Waals surface area (Å²) in [5, 5.41) is 5.84. The molecule has 1 aliphatic heterocycles. The fourth-order valence-electron chi connectivity index (χ4n) is 3.43. The van der Waals surface area contributed by atoms with Crippen LogP contribution in [0.3, 0.4) is 0 Å². The molecule has 2 aliphatic rings. The topological polar surface area (TPSA) is 43.2 Å². The predicted octanol–water partition coefficient (Wildman–Crippen LogP) is 4.59. The number of hydrogen-bond acceptors (Lipinski definition) is 4. The van der Waals surface area contributed by atoms with Gasteiger partial charge in [0.15, 0.2) is 5.16 Å². The van der Waals surface area contributed by atoms with E-state index in [4.69, 9.17) is 16.3 Å². The van der Waals surface area contributed by atoms with E-state index in [-0.39, 0.29) is 17.8 Å². The fourth-order valence-corrected chi connectivity index (χ4v) is 4.14. The molecular formula is C18H17ClFN3OS. The van der Waals surface area contributed by atoms with Crippen molar-refractivity contribution in [2.45, 2.75) is 29.8 Å². The summed E-state index contributed by atoms with van der Waals surface area (Å²) in [5.41, 5.74) is 0.454. The van der Waals surface area contributed by atoms with Gasteiger partial charge in [0.25, 0.3) is 0 Å². The first-order chi connectivity index (χ1) is 12.1. The Morgan fingerprint density at radius 2 is 2.28 bits per heavy atom. The van der Waals surface area contributed by atoms with Crippen LogP contribution in [0.1, 0.15) is 18.1 Å². The molecule has 0 radical (unpaired) electrons. The van der Waals surface area contributed by atoms with E-state index >= 15 is 0 Å². The highest BCUT2D eigenvalue weighted by Crippen LogP contribution is 2.58. The normalized spacial score (nSPS) is 28.0. The fraction of sp³-hybridized carbons (Fsp3) is 0.333. The third kappa shape index (κ3) is 3.03. The summed E-state index contributed by atoms with van der Waals surface area (Å²) in [5.74, 6) is -0.154. The molecule has 1 fully saturated rings. The monoisotopic (exact) mass is 377 g/mol. The minimum atomic E-state index is -0.503. The molecule has 0 bridgehead atoms. The second kappa shape index (κ2) is 6.59. The Morgan fingerprint density at radius 1 is 1.44 bits per heavy atom. The summed E-state index contributed by atoms with van der Waals surface area (Å²) >= 11 is 7.92. The summed E-state index contributed by atoms with van der Waals surface area (Å²) in [6.45, 7) is 0.545. The molecule has 4 nitrogen and oxygen atoms in total. The Hall–Kier alpha value is -1.63. The highest BCUT2D eigenvalue weighted by Gasteiger charge is 2.62. The molecule has 2 heterocycles. The average Bonchev–Trinajstić information content (AvgIpc) is 3.16. The molecule has 2 aromatic rings. The highest BCUT2D eigenvalue weighted by atomic mass is 35.5. The lowest BCUT2D eigenvalue weighted by Crippen LogP contribution is -2.31. The molecule has 3 atom stereocenters. The minimum absolute atomic E-state index is 0.0483. The van der Waals surface area contributed by atoms with Crippen molar-refractivity contribution in [3.05, 3.63) is 65.2 Å². The van der Waals surface area contributed by atoms with Crippen LogP contribution in [0, 0.1) is 5.92 Å². The van der Waals surface area contributed by atoms with Gasteiger partial charge >= 0.3 is 0 Å². The number of halogens is 2. The Kier molecular flexibility index (Phi) is 4.43. The van der Waals surface area contributed by atoms with E-state index in [1.54, 1.807) is 12.4 Å². The molecule has 3 unspecified atom stereocenters. The summed E-state index contributed by atoms with van der Waals surface area (Å²) in [4.78, 5) is 4.26. The van der Waals surface area contributed by atoms with E-state index in [2.05, 4.69) is 10.1 Å². The highest BCUT2D eigenvalue weighted by molar-refractivity contribution is 7.98. The van der Waals surface area contributed by atoms with Crippen molar-refractivity contribution >= 4 is 23.4 Å². The lowest BCUT2D eigenvalue weighted by Gasteiger charge is -2.23.